The van der Waals surface area contributed by atoms with Gasteiger partial charge in [-0.1, -0.05) is 25.0 Å². The molecule has 0 aliphatic heterocycles. The summed E-state index contributed by atoms with van der Waals surface area (Å²) in [5, 5.41) is 0. The Morgan fingerprint density at radius 3 is 2.60 bits per heavy atom. The van der Waals surface area contributed by atoms with Gasteiger partial charge in [-0.2, -0.15) is 0 Å². The fraction of sp³-hybridized carbons (Fsp3) is 0.385. The average Bonchev–Trinajstić information content (AvgIpc) is 2.28. The molecule has 0 spiro atoms. The highest BCUT2D eigenvalue weighted by Crippen LogP contribution is 2.13. The molecule has 0 amide bonds. The molecule has 0 bridgehead atoms. The number of rotatable bonds is 5. The van der Waals surface area contributed by atoms with E-state index in [4.69, 9.17) is 16.9 Å². The average molecular weight is 203 g/mol. The summed E-state index contributed by atoms with van der Waals surface area (Å²) in [5.41, 5.74) is 7.10. The van der Waals surface area contributed by atoms with Gasteiger partial charge in [0.25, 0.3) is 0 Å². The third-order valence-corrected chi connectivity index (χ3v) is 2.27. The van der Waals surface area contributed by atoms with E-state index < -0.39 is 0 Å². The van der Waals surface area contributed by atoms with Gasteiger partial charge in [-0.05, 0) is 30.5 Å². The third-order valence-electron chi connectivity index (χ3n) is 2.27. The minimum Gasteiger partial charge on any atom is -0.481 e. The molecule has 1 aromatic rings. The van der Waals surface area contributed by atoms with E-state index in [-0.39, 0.29) is 6.04 Å². The SMILES string of the molecule is C#CCOc1ccc(CC(N)CC)cc1. The quantitative estimate of drug-likeness (QED) is 0.743. The molecule has 1 aromatic carbocycles. The van der Waals surface area contributed by atoms with Crippen LogP contribution in [0.15, 0.2) is 24.3 Å². The van der Waals surface area contributed by atoms with E-state index in [1.165, 1.54) is 5.56 Å². The summed E-state index contributed by atoms with van der Waals surface area (Å²) in [6.07, 6.45) is 7.00. The molecule has 0 fully saturated rings. The highest BCUT2D eigenvalue weighted by molar-refractivity contribution is 5.28. The predicted octanol–water partition coefficient (Wildman–Crippen LogP) is 1.98. The number of terminal acetylenes is 1. The van der Waals surface area contributed by atoms with Gasteiger partial charge >= 0.3 is 0 Å². The number of hydrogen-bond acceptors (Lipinski definition) is 2. The van der Waals surface area contributed by atoms with Crippen LogP contribution in [0.3, 0.4) is 0 Å². The van der Waals surface area contributed by atoms with E-state index in [1.54, 1.807) is 0 Å². The van der Waals surface area contributed by atoms with Crippen molar-refractivity contribution >= 4 is 0 Å². The van der Waals surface area contributed by atoms with Gasteiger partial charge in [0, 0.05) is 6.04 Å². The van der Waals surface area contributed by atoms with E-state index in [0.717, 1.165) is 18.6 Å². The van der Waals surface area contributed by atoms with Crippen LogP contribution in [0.5, 0.6) is 5.75 Å². The normalized spacial score (nSPS) is 11.8. The molecule has 0 aromatic heterocycles. The number of ether oxygens (including phenoxy) is 1. The van der Waals surface area contributed by atoms with Crippen LogP contribution in [0, 0.1) is 12.3 Å². The van der Waals surface area contributed by atoms with Crippen LogP contribution in [-0.4, -0.2) is 12.6 Å². The van der Waals surface area contributed by atoms with E-state index in [2.05, 4.69) is 12.8 Å². The Morgan fingerprint density at radius 2 is 2.07 bits per heavy atom. The molecule has 0 saturated carbocycles. The lowest BCUT2D eigenvalue weighted by Crippen LogP contribution is -2.21. The summed E-state index contributed by atoms with van der Waals surface area (Å²) in [6.45, 7) is 2.41. The van der Waals surface area contributed by atoms with Crippen LogP contribution in [0.1, 0.15) is 18.9 Å². The van der Waals surface area contributed by atoms with Crippen molar-refractivity contribution in [3.05, 3.63) is 29.8 Å². The van der Waals surface area contributed by atoms with Gasteiger partial charge in [-0.15, -0.1) is 6.42 Å². The first-order valence-electron chi connectivity index (χ1n) is 5.17. The van der Waals surface area contributed by atoms with Crippen LogP contribution >= 0.6 is 0 Å². The molecule has 0 saturated heterocycles. The minimum absolute atomic E-state index is 0.238. The standard InChI is InChI=1S/C13H17NO/c1-3-9-15-13-7-5-11(6-8-13)10-12(14)4-2/h1,5-8,12H,4,9-10,14H2,2H3. The number of nitrogens with two attached hydrogens (primary N) is 1. The Bertz CT molecular complexity index is 323. The van der Waals surface area contributed by atoms with Gasteiger partial charge in [0.1, 0.15) is 12.4 Å². The molecule has 0 aliphatic carbocycles. The molecule has 1 rings (SSSR count). The van der Waals surface area contributed by atoms with Crippen LogP contribution in [0.2, 0.25) is 0 Å². The summed E-state index contributed by atoms with van der Waals surface area (Å²) in [7, 11) is 0. The summed E-state index contributed by atoms with van der Waals surface area (Å²) in [6, 6.07) is 8.15. The molecule has 15 heavy (non-hydrogen) atoms. The summed E-state index contributed by atoms with van der Waals surface area (Å²) in [4.78, 5) is 0. The molecule has 2 nitrogen and oxygen atoms in total. The van der Waals surface area contributed by atoms with Gasteiger partial charge in [0.05, 0.1) is 0 Å². The van der Waals surface area contributed by atoms with Crippen LogP contribution < -0.4 is 10.5 Å². The Kier molecular flexibility index (Phi) is 4.73. The molecular formula is C13H17NO. The monoisotopic (exact) mass is 203 g/mol. The highest BCUT2D eigenvalue weighted by atomic mass is 16.5. The molecule has 2 heteroatoms. The van der Waals surface area contributed by atoms with E-state index >= 15 is 0 Å². The maximum Gasteiger partial charge on any atom is 0.148 e. The summed E-state index contributed by atoms with van der Waals surface area (Å²) >= 11 is 0. The van der Waals surface area contributed by atoms with Crippen molar-refractivity contribution in [3.8, 4) is 18.1 Å². The Labute approximate surface area is 91.4 Å². The van der Waals surface area contributed by atoms with Gasteiger partial charge in [0.15, 0.2) is 0 Å². The second kappa shape index (κ2) is 6.10. The van der Waals surface area contributed by atoms with Crippen LogP contribution in [0.4, 0.5) is 0 Å². The minimum atomic E-state index is 0.238. The molecule has 1 atom stereocenters. The van der Waals surface area contributed by atoms with Crippen LogP contribution in [-0.2, 0) is 6.42 Å². The van der Waals surface area contributed by atoms with Crippen molar-refractivity contribution in [3.63, 3.8) is 0 Å². The van der Waals surface area contributed by atoms with Crippen molar-refractivity contribution in [2.45, 2.75) is 25.8 Å². The van der Waals surface area contributed by atoms with Crippen molar-refractivity contribution in [2.75, 3.05) is 6.61 Å². The first kappa shape index (κ1) is 11.6. The van der Waals surface area contributed by atoms with Gasteiger partial charge in [-0.3, -0.25) is 0 Å². The molecule has 0 radical (unpaired) electrons. The van der Waals surface area contributed by atoms with E-state index in [9.17, 15) is 0 Å². The predicted molar refractivity (Wildman–Crippen MR) is 62.7 cm³/mol. The van der Waals surface area contributed by atoms with Gasteiger partial charge in [0.2, 0.25) is 0 Å². The molecule has 0 aliphatic rings. The van der Waals surface area contributed by atoms with Crippen molar-refractivity contribution in [1.82, 2.24) is 0 Å². The fourth-order valence-corrected chi connectivity index (χ4v) is 1.29. The topological polar surface area (TPSA) is 35.2 Å². The van der Waals surface area contributed by atoms with Crippen molar-refractivity contribution in [1.29, 1.82) is 0 Å². The first-order valence-corrected chi connectivity index (χ1v) is 5.17. The largest absolute Gasteiger partial charge is 0.481 e. The van der Waals surface area contributed by atoms with Crippen molar-refractivity contribution in [2.24, 2.45) is 5.73 Å². The molecule has 2 N–H and O–H groups in total. The molecule has 1 unspecified atom stereocenters. The lowest BCUT2D eigenvalue weighted by atomic mass is 10.0. The molecule has 80 valence electrons. The van der Waals surface area contributed by atoms with E-state index in [0.29, 0.717) is 6.61 Å². The van der Waals surface area contributed by atoms with E-state index in [1.807, 2.05) is 24.3 Å². The lowest BCUT2D eigenvalue weighted by molar-refractivity contribution is 0.370. The maximum absolute atomic E-state index is 5.87. The highest BCUT2D eigenvalue weighted by Gasteiger charge is 2.01. The third kappa shape index (κ3) is 4.05. The lowest BCUT2D eigenvalue weighted by Gasteiger charge is -2.09. The van der Waals surface area contributed by atoms with Gasteiger partial charge < -0.3 is 10.5 Å². The zero-order valence-electron chi connectivity index (χ0n) is 9.07. The van der Waals surface area contributed by atoms with Crippen LogP contribution in [0.25, 0.3) is 0 Å². The number of benzene rings is 1. The zero-order chi connectivity index (χ0) is 11.1. The molecule has 0 heterocycles. The smallest absolute Gasteiger partial charge is 0.148 e. The number of hydrogen-bond donors (Lipinski definition) is 1. The maximum atomic E-state index is 5.87. The van der Waals surface area contributed by atoms with Crippen molar-refractivity contribution < 1.29 is 4.74 Å². The summed E-state index contributed by atoms with van der Waals surface area (Å²) < 4.78 is 5.27. The first-order chi connectivity index (χ1) is 7.26. The second-order valence-electron chi connectivity index (χ2n) is 3.51. The summed E-state index contributed by atoms with van der Waals surface area (Å²) in [5.74, 6) is 3.24. The van der Waals surface area contributed by atoms with Gasteiger partial charge in [-0.25, -0.2) is 0 Å². The zero-order valence-corrected chi connectivity index (χ0v) is 9.07. The second-order valence-corrected chi connectivity index (χ2v) is 3.51. The Hall–Kier alpha value is -1.46. The Balaban J connectivity index is 2.53. The Morgan fingerprint density at radius 1 is 1.40 bits per heavy atom. The molecular weight excluding hydrogens is 186 g/mol. The fourth-order valence-electron chi connectivity index (χ4n) is 1.29.